The Labute approximate surface area is 233 Å². The number of nitrogens with zero attached hydrogens (tertiary/aromatic N) is 2. The van der Waals surface area contributed by atoms with Gasteiger partial charge in [0.25, 0.3) is 0 Å². The van der Waals surface area contributed by atoms with Crippen molar-refractivity contribution in [2.45, 2.75) is 40.0 Å². The number of imidazole rings is 1. The Morgan fingerprint density at radius 3 is 1.88 bits per heavy atom. The molecule has 0 atom stereocenters. The normalized spacial score (nSPS) is 13.5. The van der Waals surface area contributed by atoms with Gasteiger partial charge in [0.15, 0.2) is 0 Å². The molecule has 1 aliphatic heterocycles. The first-order valence-corrected chi connectivity index (χ1v) is 14.4. The largest absolute Gasteiger partial charge is 0.341 e. The molecule has 0 saturated carbocycles. The molecule has 0 unspecified atom stereocenters. The van der Waals surface area contributed by atoms with Crippen molar-refractivity contribution < 1.29 is 0 Å². The molecule has 2 heterocycles. The van der Waals surface area contributed by atoms with Gasteiger partial charge in [0.1, 0.15) is 5.82 Å². The Hall–Kier alpha value is -4.50. The van der Waals surface area contributed by atoms with E-state index in [2.05, 4.69) is 118 Å². The molecule has 7 aromatic rings. The highest BCUT2D eigenvalue weighted by atomic mass is 14.9. The Kier molecular flexibility index (Phi) is 4.97. The highest BCUT2D eigenvalue weighted by Gasteiger charge is 2.23. The van der Waals surface area contributed by atoms with E-state index in [0.29, 0.717) is 11.8 Å². The van der Waals surface area contributed by atoms with Crippen molar-refractivity contribution in [3.8, 4) is 11.1 Å². The van der Waals surface area contributed by atoms with Gasteiger partial charge in [-0.05, 0) is 61.7 Å². The van der Waals surface area contributed by atoms with Crippen LogP contribution in [-0.2, 0) is 6.42 Å². The molecule has 1 aromatic heterocycles. The fraction of sp³-hybridized carbons (Fsp3) is 0.189. The first-order valence-electron chi connectivity index (χ1n) is 14.4. The number of aliphatic imine (C=N–C) groups is 1. The lowest BCUT2D eigenvalue weighted by molar-refractivity contribution is 0.799. The van der Waals surface area contributed by atoms with Crippen LogP contribution in [0.5, 0.6) is 0 Å². The molecule has 40 heavy (non-hydrogen) atoms. The van der Waals surface area contributed by atoms with Crippen molar-refractivity contribution in [1.29, 1.82) is 0 Å². The first-order chi connectivity index (χ1) is 19.5. The van der Waals surface area contributed by atoms with Crippen LogP contribution in [0.1, 0.15) is 45.0 Å². The van der Waals surface area contributed by atoms with E-state index in [-0.39, 0.29) is 0 Å². The summed E-state index contributed by atoms with van der Waals surface area (Å²) in [6.45, 7) is 8.87. The van der Waals surface area contributed by atoms with E-state index in [1.54, 1.807) is 0 Å². The molecule has 194 valence electrons. The average molecular weight is 518 g/mol. The number of aromatic amines is 1. The summed E-state index contributed by atoms with van der Waals surface area (Å²) in [6.07, 6.45) is 0.939. The van der Waals surface area contributed by atoms with Crippen molar-refractivity contribution in [1.82, 2.24) is 9.97 Å². The van der Waals surface area contributed by atoms with Crippen LogP contribution in [0.25, 0.3) is 65.3 Å². The van der Waals surface area contributed by atoms with E-state index in [1.807, 2.05) is 0 Å². The molecule has 1 N–H and O–H groups in total. The quantitative estimate of drug-likeness (QED) is 0.233. The number of nitrogens with one attached hydrogen (secondary N) is 1. The Morgan fingerprint density at radius 2 is 1.20 bits per heavy atom. The predicted molar refractivity (Wildman–Crippen MR) is 171 cm³/mol. The Morgan fingerprint density at radius 1 is 0.600 bits per heavy atom. The lowest BCUT2D eigenvalue weighted by atomic mass is 9.90. The van der Waals surface area contributed by atoms with Crippen molar-refractivity contribution in [3.63, 3.8) is 0 Å². The summed E-state index contributed by atoms with van der Waals surface area (Å²) in [5.74, 6) is 1.83. The fourth-order valence-electron chi connectivity index (χ4n) is 6.57. The maximum Gasteiger partial charge on any atom is 0.109 e. The van der Waals surface area contributed by atoms with Crippen LogP contribution < -0.4 is 0 Å². The molecule has 8 rings (SSSR count). The van der Waals surface area contributed by atoms with E-state index in [1.165, 1.54) is 71.2 Å². The number of H-pyrrole nitrogens is 1. The zero-order valence-corrected chi connectivity index (χ0v) is 23.3. The monoisotopic (exact) mass is 517 g/mol. The van der Waals surface area contributed by atoms with Crippen LogP contribution >= 0.6 is 0 Å². The minimum atomic E-state index is 0.344. The van der Waals surface area contributed by atoms with Crippen LogP contribution in [0.15, 0.2) is 89.9 Å². The summed E-state index contributed by atoms with van der Waals surface area (Å²) in [4.78, 5) is 13.8. The summed E-state index contributed by atoms with van der Waals surface area (Å²) in [5.41, 5.74) is 8.48. The summed E-state index contributed by atoms with van der Waals surface area (Å²) in [6, 6.07) is 31.3. The van der Waals surface area contributed by atoms with Gasteiger partial charge in [0.2, 0.25) is 0 Å². The molecule has 0 radical (unpaired) electrons. The predicted octanol–water partition coefficient (Wildman–Crippen LogP) is 10.3. The van der Waals surface area contributed by atoms with Gasteiger partial charge >= 0.3 is 0 Å². The van der Waals surface area contributed by atoms with Crippen LogP contribution in [0.2, 0.25) is 0 Å². The lowest BCUT2D eigenvalue weighted by Gasteiger charge is -2.13. The standard InChI is InChI=1S/C37H31N3/c1-20(2)33-19-32-26-15-13-22(17-30(26)24-9-5-7-11-27(24)34(32)38-33)23-14-16-29-31(18-23)25-10-6-8-12-28(25)35-36(29)40-37(39-35)21(3)4/h5-18,20-21H,19H2,1-4H3,(H,39,40). The second-order valence-electron chi connectivity index (χ2n) is 11.9. The maximum atomic E-state index is 5.12. The lowest BCUT2D eigenvalue weighted by Crippen LogP contribution is -2.06. The SMILES string of the molecule is CC(C)C1=Nc2c(c3ccc(-c4ccc5c(c4)c4ccccc4c4nc(C(C)C)[nH]c54)cc3c3ccccc23)C1. The number of aromatic nitrogens is 2. The summed E-state index contributed by atoms with van der Waals surface area (Å²) in [7, 11) is 0. The molecule has 0 aliphatic carbocycles. The molecule has 0 bridgehead atoms. The van der Waals surface area contributed by atoms with Crippen molar-refractivity contribution in [3.05, 3.63) is 96.3 Å². The second kappa shape index (κ2) is 8.50. The fourth-order valence-corrected chi connectivity index (χ4v) is 6.57. The molecule has 3 nitrogen and oxygen atoms in total. The van der Waals surface area contributed by atoms with Gasteiger partial charge in [-0.15, -0.1) is 0 Å². The first kappa shape index (κ1) is 23.4. The van der Waals surface area contributed by atoms with Crippen LogP contribution in [0.4, 0.5) is 5.69 Å². The van der Waals surface area contributed by atoms with Gasteiger partial charge < -0.3 is 4.98 Å². The van der Waals surface area contributed by atoms with Crippen LogP contribution in [0.3, 0.4) is 0 Å². The Balaban J connectivity index is 1.37. The van der Waals surface area contributed by atoms with Gasteiger partial charge in [-0.3, -0.25) is 4.99 Å². The molecule has 0 amide bonds. The molecule has 0 fully saturated rings. The van der Waals surface area contributed by atoms with Crippen LogP contribution in [-0.4, -0.2) is 15.7 Å². The van der Waals surface area contributed by atoms with E-state index in [4.69, 9.17) is 9.98 Å². The molecular formula is C37H31N3. The van der Waals surface area contributed by atoms with Gasteiger partial charge in [-0.1, -0.05) is 100 Å². The van der Waals surface area contributed by atoms with Gasteiger partial charge in [-0.2, -0.15) is 0 Å². The molecule has 0 spiro atoms. The molecule has 3 heteroatoms. The zero-order valence-electron chi connectivity index (χ0n) is 23.3. The van der Waals surface area contributed by atoms with Crippen molar-refractivity contribution in [2.24, 2.45) is 10.9 Å². The minimum absolute atomic E-state index is 0.344. The van der Waals surface area contributed by atoms with E-state index in [0.717, 1.165) is 23.3 Å². The number of hydrogen-bond donors (Lipinski definition) is 1. The van der Waals surface area contributed by atoms with Gasteiger partial charge in [-0.25, -0.2) is 4.98 Å². The third-order valence-electron chi connectivity index (χ3n) is 8.75. The van der Waals surface area contributed by atoms with Gasteiger partial charge in [0, 0.05) is 34.2 Å². The Bertz CT molecular complexity index is 2190. The number of benzene rings is 6. The average Bonchev–Trinajstić information content (AvgIpc) is 3.64. The van der Waals surface area contributed by atoms with Crippen molar-refractivity contribution in [2.75, 3.05) is 0 Å². The smallest absolute Gasteiger partial charge is 0.109 e. The molecule has 0 saturated heterocycles. The summed E-state index contributed by atoms with van der Waals surface area (Å²) < 4.78 is 0. The highest BCUT2D eigenvalue weighted by molar-refractivity contribution is 6.24. The number of rotatable bonds is 3. The number of hydrogen-bond acceptors (Lipinski definition) is 2. The van der Waals surface area contributed by atoms with E-state index < -0.39 is 0 Å². The zero-order chi connectivity index (χ0) is 27.1. The topological polar surface area (TPSA) is 41.0 Å². The number of fused-ring (bicyclic) bond motifs is 12. The third kappa shape index (κ3) is 3.30. The van der Waals surface area contributed by atoms with Crippen molar-refractivity contribution >= 4 is 65.5 Å². The maximum absolute atomic E-state index is 5.12. The molecule has 6 aromatic carbocycles. The van der Waals surface area contributed by atoms with E-state index >= 15 is 0 Å². The van der Waals surface area contributed by atoms with E-state index in [9.17, 15) is 0 Å². The molecular weight excluding hydrogens is 486 g/mol. The van der Waals surface area contributed by atoms with Gasteiger partial charge in [0.05, 0.1) is 16.7 Å². The third-order valence-corrected chi connectivity index (χ3v) is 8.75. The summed E-state index contributed by atoms with van der Waals surface area (Å²) >= 11 is 0. The summed E-state index contributed by atoms with van der Waals surface area (Å²) in [5, 5.41) is 10.1. The second-order valence-corrected chi connectivity index (χ2v) is 11.9. The molecule has 1 aliphatic rings. The van der Waals surface area contributed by atoms with Crippen LogP contribution in [0, 0.1) is 5.92 Å². The minimum Gasteiger partial charge on any atom is -0.341 e. The highest BCUT2D eigenvalue weighted by Crippen LogP contribution is 2.44.